The average molecular weight is 411 g/mol. The minimum Gasteiger partial charge on any atom is -0.372 e. The Hall–Kier alpha value is -1.90. The summed E-state index contributed by atoms with van der Waals surface area (Å²) in [6.45, 7) is 5.49. The number of hydrogen-bond donors (Lipinski definition) is 1. The number of nitrogens with one attached hydrogen (secondary N) is 1. The fourth-order valence-electron chi connectivity index (χ4n) is 2.66. The van der Waals surface area contributed by atoms with Crippen molar-refractivity contribution in [2.45, 2.75) is 30.1 Å². The molecule has 0 saturated carbocycles. The second-order valence-corrected chi connectivity index (χ2v) is 10.1. The second kappa shape index (κ2) is 9.34. The van der Waals surface area contributed by atoms with Crippen molar-refractivity contribution < 1.29 is 16.8 Å². The van der Waals surface area contributed by atoms with Gasteiger partial charge in [0, 0.05) is 25.3 Å². The van der Waals surface area contributed by atoms with Crippen molar-refractivity contribution in [3.8, 4) is 0 Å². The average Bonchev–Trinajstić information content (AvgIpc) is 2.69. The topological polar surface area (TPSA) is 83.6 Å². The zero-order chi connectivity index (χ0) is 19.9. The molecule has 6 nitrogen and oxygen atoms in total. The van der Waals surface area contributed by atoms with E-state index in [0.29, 0.717) is 13.0 Å². The lowest BCUT2D eigenvalue weighted by Gasteiger charge is -2.23. The molecule has 2 aromatic rings. The minimum absolute atomic E-state index is 0.0211. The van der Waals surface area contributed by atoms with Crippen LogP contribution in [0.2, 0.25) is 0 Å². The summed E-state index contributed by atoms with van der Waals surface area (Å²) < 4.78 is 50.9. The van der Waals surface area contributed by atoms with Gasteiger partial charge in [0.05, 0.1) is 15.5 Å². The molecule has 0 spiro atoms. The van der Waals surface area contributed by atoms with Gasteiger partial charge in [-0.05, 0) is 49.7 Å². The van der Waals surface area contributed by atoms with Gasteiger partial charge >= 0.3 is 0 Å². The van der Waals surface area contributed by atoms with Gasteiger partial charge in [-0.25, -0.2) is 21.6 Å². The van der Waals surface area contributed by atoms with E-state index in [0.717, 1.165) is 18.8 Å². The monoisotopic (exact) mass is 410 g/mol. The van der Waals surface area contributed by atoms with E-state index < -0.39 is 19.9 Å². The summed E-state index contributed by atoms with van der Waals surface area (Å²) in [5.74, 6) is -0.0211. The minimum atomic E-state index is -3.66. The van der Waals surface area contributed by atoms with Gasteiger partial charge in [0.25, 0.3) is 0 Å². The molecule has 148 valence electrons. The number of hydrogen-bond acceptors (Lipinski definition) is 5. The van der Waals surface area contributed by atoms with Crippen LogP contribution in [0, 0.1) is 0 Å². The van der Waals surface area contributed by atoms with E-state index in [1.807, 2.05) is 30.3 Å². The van der Waals surface area contributed by atoms with Crippen molar-refractivity contribution in [3.05, 3.63) is 54.6 Å². The first kappa shape index (κ1) is 21.4. The molecule has 0 saturated heterocycles. The Kier molecular flexibility index (Phi) is 7.41. The summed E-state index contributed by atoms with van der Waals surface area (Å²) in [6, 6.07) is 15.3. The highest BCUT2D eigenvalue weighted by Crippen LogP contribution is 2.16. The molecule has 0 aliphatic rings. The molecule has 0 amide bonds. The second-order valence-electron chi connectivity index (χ2n) is 6.04. The molecule has 0 radical (unpaired) electrons. The molecule has 0 fully saturated rings. The van der Waals surface area contributed by atoms with Crippen molar-refractivity contribution in [2.24, 2.45) is 0 Å². The highest BCUT2D eigenvalue weighted by atomic mass is 32.2. The zero-order valence-corrected chi connectivity index (χ0v) is 17.3. The number of sulfonamides is 1. The maximum atomic E-state index is 12.4. The maximum Gasteiger partial charge on any atom is 0.240 e. The third kappa shape index (κ3) is 5.79. The summed E-state index contributed by atoms with van der Waals surface area (Å²) >= 11 is 0. The summed E-state index contributed by atoms with van der Waals surface area (Å²) in [6.07, 6.45) is 0.657. The van der Waals surface area contributed by atoms with Crippen LogP contribution in [0.25, 0.3) is 0 Å². The van der Waals surface area contributed by atoms with Gasteiger partial charge in [0.1, 0.15) is 0 Å². The van der Waals surface area contributed by atoms with Crippen molar-refractivity contribution in [3.63, 3.8) is 0 Å². The zero-order valence-electron chi connectivity index (χ0n) is 15.6. The highest BCUT2D eigenvalue weighted by Gasteiger charge is 2.16. The maximum absolute atomic E-state index is 12.4. The van der Waals surface area contributed by atoms with Crippen LogP contribution in [0.5, 0.6) is 0 Å². The lowest BCUT2D eigenvalue weighted by atomic mass is 10.2. The third-order valence-electron chi connectivity index (χ3n) is 4.27. The van der Waals surface area contributed by atoms with E-state index in [1.54, 1.807) is 6.92 Å². The quantitative estimate of drug-likeness (QED) is 0.609. The summed E-state index contributed by atoms with van der Waals surface area (Å²) in [5, 5.41) is 0. The normalized spacial score (nSPS) is 12.1. The smallest absolute Gasteiger partial charge is 0.240 e. The molecule has 1 N–H and O–H groups in total. The third-order valence-corrected chi connectivity index (χ3v) is 7.50. The molecule has 0 atom stereocenters. The first-order valence-electron chi connectivity index (χ1n) is 8.92. The Labute approximate surface area is 162 Å². The van der Waals surface area contributed by atoms with Crippen molar-refractivity contribution in [1.29, 1.82) is 0 Å². The number of sulfone groups is 1. The lowest BCUT2D eigenvalue weighted by molar-refractivity contribution is 0.577. The molecule has 27 heavy (non-hydrogen) atoms. The van der Waals surface area contributed by atoms with Crippen LogP contribution in [-0.4, -0.2) is 42.2 Å². The first-order valence-corrected chi connectivity index (χ1v) is 12.1. The van der Waals surface area contributed by atoms with Crippen LogP contribution < -0.4 is 9.62 Å². The number of benzene rings is 2. The van der Waals surface area contributed by atoms with Crippen LogP contribution in [0.15, 0.2) is 64.4 Å². The van der Waals surface area contributed by atoms with Gasteiger partial charge in [0.2, 0.25) is 10.0 Å². The molecular formula is C19H26N2O4S2. The molecule has 2 rings (SSSR count). The van der Waals surface area contributed by atoms with Crippen LogP contribution >= 0.6 is 0 Å². The Morgan fingerprint density at radius 3 is 2.00 bits per heavy atom. The Bertz CT molecular complexity index is 925. The predicted molar refractivity (Wildman–Crippen MR) is 108 cm³/mol. The number of anilines is 1. The number of rotatable bonds is 10. The van der Waals surface area contributed by atoms with Crippen LogP contribution in [-0.2, 0) is 19.9 Å². The summed E-state index contributed by atoms with van der Waals surface area (Å²) in [4.78, 5) is 2.37. The van der Waals surface area contributed by atoms with Gasteiger partial charge < -0.3 is 4.90 Å². The van der Waals surface area contributed by atoms with E-state index in [9.17, 15) is 16.8 Å². The molecule has 0 aliphatic carbocycles. The van der Waals surface area contributed by atoms with Crippen LogP contribution in [0.1, 0.15) is 20.3 Å². The molecule has 8 heteroatoms. The molecule has 0 aliphatic heterocycles. The number of nitrogens with zero attached hydrogens (tertiary/aromatic N) is 1. The molecule has 0 bridgehead atoms. The number of para-hydroxylation sites is 1. The summed E-state index contributed by atoms with van der Waals surface area (Å²) in [5.41, 5.74) is 1.11. The van der Waals surface area contributed by atoms with Gasteiger partial charge in [-0.15, -0.1) is 0 Å². The van der Waals surface area contributed by atoms with Crippen LogP contribution in [0.3, 0.4) is 0 Å². The lowest BCUT2D eigenvalue weighted by Crippen LogP contribution is -2.30. The molecular weight excluding hydrogens is 384 g/mol. The summed E-state index contributed by atoms with van der Waals surface area (Å²) in [7, 11) is -7.00. The van der Waals surface area contributed by atoms with Crippen molar-refractivity contribution in [2.75, 3.05) is 30.3 Å². The SMILES string of the molecule is CCN(CCCNS(=O)(=O)c1ccc(S(=O)(=O)CC)cc1)c1ccccc1. The molecule has 0 heterocycles. The van der Waals surface area contributed by atoms with E-state index in [4.69, 9.17) is 0 Å². The Morgan fingerprint density at radius 2 is 1.44 bits per heavy atom. The first-order chi connectivity index (χ1) is 12.8. The van der Waals surface area contributed by atoms with E-state index in [-0.39, 0.29) is 15.5 Å². The largest absolute Gasteiger partial charge is 0.372 e. The van der Waals surface area contributed by atoms with Crippen molar-refractivity contribution in [1.82, 2.24) is 4.72 Å². The van der Waals surface area contributed by atoms with Gasteiger partial charge in [-0.3, -0.25) is 0 Å². The predicted octanol–water partition coefficient (Wildman–Crippen LogP) is 2.68. The highest BCUT2D eigenvalue weighted by molar-refractivity contribution is 7.91. The molecule has 2 aromatic carbocycles. The Balaban J connectivity index is 1.93. The fraction of sp³-hybridized carbons (Fsp3) is 0.368. The van der Waals surface area contributed by atoms with Crippen LogP contribution in [0.4, 0.5) is 5.69 Å². The Morgan fingerprint density at radius 1 is 0.852 bits per heavy atom. The fourth-order valence-corrected chi connectivity index (χ4v) is 4.62. The van der Waals surface area contributed by atoms with E-state index in [2.05, 4.69) is 16.5 Å². The molecule has 0 unspecified atom stereocenters. The standard InChI is InChI=1S/C19H26N2O4S2/c1-3-21(17-9-6-5-7-10-17)16-8-15-20-27(24,25)19-13-11-18(12-14-19)26(22,23)4-2/h5-7,9-14,20H,3-4,8,15-16H2,1-2H3. The van der Waals surface area contributed by atoms with Gasteiger partial charge in [-0.2, -0.15) is 0 Å². The van der Waals surface area contributed by atoms with Gasteiger partial charge in [0.15, 0.2) is 9.84 Å². The van der Waals surface area contributed by atoms with E-state index in [1.165, 1.54) is 24.3 Å². The molecule has 0 aromatic heterocycles. The van der Waals surface area contributed by atoms with Crippen molar-refractivity contribution >= 4 is 25.5 Å². The van der Waals surface area contributed by atoms with E-state index >= 15 is 0 Å². The van der Waals surface area contributed by atoms with Gasteiger partial charge in [-0.1, -0.05) is 25.1 Å².